The number of methoxy groups -OCH3 is 1. The van der Waals surface area contributed by atoms with Crippen molar-refractivity contribution in [3.05, 3.63) is 72.3 Å². The van der Waals surface area contributed by atoms with Crippen LogP contribution < -0.4 is 10.1 Å². The van der Waals surface area contributed by atoms with E-state index in [0.717, 1.165) is 44.2 Å². The topological polar surface area (TPSA) is 44.8 Å². The van der Waals surface area contributed by atoms with Gasteiger partial charge in [-0.05, 0) is 28.5 Å². The molecule has 0 saturated carbocycles. The zero-order valence-electron chi connectivity index (χ0n) is 16.8. The van der Waals surface area contributed by atoms with Crippen molar-refractivity contribution in [2.45, 2.75) is 6.54 Å². The lowest BCUT2D eigenvalue weighted by Crippen LogP contribution is -2.49. The summed E-state index contributed by atoms with van der Waals surface area (Å²) in [6.07, 6.45) is 0. The van der Waals surface area contributed by atoms with Gasteiger partial charge in [-0.2, -0.15) is 0 Å². The van der Waals surface area contributed by atoms with Gasteiger partial charge < -0.3 is 15.0 Å². The number of amides is 1. The third-order valence-corrected chi connectivity index (χ3v) is 5.54. The lowest BCUT2D eigenvalue weighted by atomic mass is 10.0. The first-order valence-corrected chi connectivity index (χ1v) is 10.1. The summed E-state index contributed by atoms with van der Waals surface area (Å²) < 4.78 is 5.33. The summed E-state index contributed by atoms with van der Waals surface area (Å²) in [5.41, 5.74) is 2.19. The average Bonchev–Trinajstić information content (AvgIpc) is 2.78. The summed E-state index contributed by atoms with van der Waals surface area (Å²) in [5.74, 6) is 0.876. The number of piperazine rings is 1. The molecule has 0 bridgehead atoms. The van der Waals surface area contributed by atoms with Crippen molar-refractivity contribution in [1.29, 1.82) is 0 Å². The van der Waals surface area contributed by atoms with Crippen LogP contribution in [-0.2, 0) is 11.3 Å². The molecule has 0 spiro atoms. The third-order valence-electron chi connectivity index (χ3n) is 5.54. The lowest BCUT2D eigenvalue weighted by molar-refractivity contribution is -0.131. The molecule has 29 heavy (non-hydrogen) atoms. The highest BCUT2D eigenvalue weighted by Gasteiger charge is 2.21. The molecule has 0 aliphatic carbocycles. The van der Waals surface area contributed by atoms with Gasteiger partial charge in [-0.25, -0.2) is 0 Å². The van der Waals surface area contributed by atoms with Crippen LogP contribution in [-0.4, -0.2) is 55.5 Å². The van der Waals surface area contributed by atoms with Crippen molar-refractivity contribution in [1.82, 2.24) is 9.80 Å². The highest BCUT2D eigenvalue weighted by molar-refractivity contribution is 5.85. The van der Waals surface area contributed by atoms with Gasteiger partial charge in [-0.15, -0.1) is 0 Å². The molecule has 150 valence electrons. The van der Waals surface area contributed by atoms with Gasteiger partial charge in [0.1, 0.15) is 5.75 Å². The Balaban J connectivity index is 1.30. The molecule has 1 heterocycles. The highest BCUT2D eigenvalue weighted by Crippen LogP contribution is 2.23. The zero-order valence-corrected chi connectivity index (χ0v) is 16.8. The Bertz CT molecular complexity index is 975. The molecule has 0 atom stereocenters. The number of benzene rings is 3. The number of hydrogen-bond donors (Lipinski definition) is 1. The van der Waals surface area contributed by atoms with Gasteiger partial charge >= 0.3 is 0 Å². The Morgan fingerprint density at radius 3 is 2.48 bits per heavy atom. The molecule has 5 heteroatoms. The predicted molar refractivity (Wildman–Crippen MR) is 117 cm³/mol. The van der Waals surface area contributed by atoms with E-state index in [1.165, 1.54) is 16.3 Å². The molecular formula is C24H27N3O2. The van der Waals surface area contributed by atoms with Gasteiger partial charge in [-0.1, -0.05) is 54.6 Å². The Kier molecular flexibility index (Phi) is 5.96. The third kappa shape index (κ3) is 4.51. The molecule has 4 rings (SSSR count). The number of para-hydroxylation sites is 2. The highest BCUT2D eigenvalue weighted by atomic mass is 16.5. The minimum atomic E-state index is 0.126. The van der Waals surface area contributed by atoms with Gasteiger partial charge in [0.2, 0.25) is 5.91 Å². The average molecular weight is 389 g/mol. The maximum absolute atomic E-state index is 12.6. The maximum Gasteiger partial charge on any atom is 0.241 e. The molecular weight excluding hydrogens is 362 g/mol. The van der Waals surface area contributed by atoms with Crippen molar-refractivity contribution >= 4 is 22.4 Å². The molecule has 0 unspecified atom stereocenters. The van der Waals surface area contributed by atoms with Crippen molar-refractivity contribution in [3.63, 3.8) is 0 Å². The Hall–Kier alpha value is -3.05. The van der Waals surface area contributed by atoms with E-state index in [1.54, 1.807) is 7.11 Å². The van der Waals surface area contributed by atoms with Crippen LogP contribution in [0.5, 0.6) is 5.75 Å². The maximum atomic E-state index is 12.6. The Morgan fingerprint density at radius 2 is 1.66 bits per heavy atom. The van der Waals surface area contributed by atoms with Gasteiger partial charge in [0.25, 0.3) is 0 Å². The van der Waals surface area contributed by atoms with Gasteiger partial charge in [0.15, 0.2) is 0 Å². The predicted octanol–water partition coefficient (Wildman–Crippen LogP) is 3.60. The number of carbonyl (C=O) groups excluding carboxylic acids is 1. The number of anilines is 1. The fraction of sp³-hybridized carbons (Fsp3) is 0.292. The molecule has 0 radical (unpaired) electrons. The minimum Gasteiger partial charge on any atom is -0.495 e. The number of nitrogens with zero attached hydrogens (tertiary/aromatic N) is 2. The molecule has 5 nitrogen and oxygen atoms in total. The number of hydrogen-bond acceptors (Lipinski definition) is 4. The number of rotatable bonds is 6. The first-order chi connectivity index (χ1) is 14.2. The Labute approximate surface area is 171 Å². The van der Waals surface area contributed by atoms with Crippen LogP contribution in [0.4, 0.5) is 5.69 Å². The molecule has 3 aromatic carbocycles. The fourth-order valence-corrected chi connectivity index (χ4v) is 3.90. The number of ether oxygens (including phenoxy) is 1. The molecule has 1 amide bonds. The van der Waals surface area contributed by atoms with E-state index in [2.05, 4.69) is 52.7 Å². The molecule has 1 N–H and O–H groups in total. The summed E-state index contributed by atoms with van der Waals surface area (Å²) in [4.78, 5) is 17.0. The van der Waals surface area contributed by atoms with Crippen LogP contribution in [0.3, 0.4) is 0 Å². The molecule has 3 aromatic rings. The Morgan fingerprint density at radius 1 is 0.931 bits per heavy atom. The second-order valence-corrected chi connectivity index (χ2v) is 7.35. The van der Waals surface area contributed by atoms with Crippen molar-refractivity contribution in [3.8, 4) is 5.75 Å². The number of fused-ring (bicyclic) bond motifs is 1. The second kappa shape index (κ2) is 8.97. The van der Waals surface area contributed by atoms with Gasteiger partial charge in [-0.3, -0.25) is 9.69 Å². The standard InChI is InChI=1S/C24H27N3O2/c1-29-23-12-5-4-11-22(23)25-17-24(28)27-15-13-26(14-16-27)18-20-9-6-8-19-7-2-3-10-21(19)20/h2-12,25H,13-18H2,1H3. The first kappa shape index (κ1) is 19.3. The van der Waals surface area contributed by atoms with Gasteiger partial charge in [0, 0.05) is 32.7 Å². The summed E-state index contributed by atoms with van der Waals surface area (Å²) >= 11 is 0. The van der Waals surface area contributed by atoms with E-state index in [0.29, 0.717) is 0 Å². The van der Waals surface area contributed by atoms with Crippen LogP contribution in [0.2, 0.25) is 0 Å². The van der Waals surface area contributed by atoms with Crippen LogP contribution in [0.1, 0.15) is 5.56 Å². The smallest absolute Gasteiger partial charge is 0.241 e. The molecule has 1 aliphatic heterocycles. The summed E-state index contributed by atoms with van der Waals surface area (Å²) in [6.45, 7) is 4.51. The molecule has 0 aromatic heterocycles. The van der Waals surface area contributed by atoms with E-state index >= 15 is 0 Å². The minimum absolute atomic E-state index is 0.126. The van der Waals surface area contributed by atoms with Crippen LogP contribution in [0, 0.1) is 0 Å². The SMILES string of the molecule is COc1ccccc1NCC(=O)N1CCN(Cc2cccc3ccccc23)CC1. The van der Waals surface area contributed by atoms with Crippen molar-refractivity contribution in [2.24, 2.45) is 0 Å². The van der Waals surface area contributed by atoms with Crippen LogP contribution in [0.15, 0.2) is 66.7 Å². The fourth-order valence-electron chi connectivity index (χ4n) is 3.90. The number of carbonyl (C=O) groups is 1. The zero-order chi connectivity index (χ0) is 20.1. The normalized spacial score (nSPS) is 14.7. The largest absolute Gasteiger partial charge is 0.495 e. The quantitative estimate of drug-likeness (QED) is 0.700. The van der Waals surface area contributed by atoms with Crippen LogP contribution >= 0.6 is 0 Å². The van der Waals surface area contributed by atoms with E-state index in [9.17, 15) is 4.79 Å². The summed E-state index contributed by atoms with van der Waals surface area (Å²) in [7, 11) is 1.64. The van der Waals surface area contributed by atoms with E-state index in [4.69, 9.17) is 4.74 Å². The summed E-state index contributed by atoms with van der Waals surface area (Å²) in [5, 5.41) is 5.80. The second-order valence-electron chi connectivity index (χ2n) is 7.35. The van der Waals surface area contributed by atoms with E-state index in [1.807, 2.05) is 29.2 Å². The van der Waals surface area contributed by atoms with E-state index < -0.39 is 0 Å². The number of nitrogens with one attached hydrogen (secondary N) is 1. The first-order valence-electron chi connectivity index (χ1n) is 10.1. The van der Waals surface area contributed by atoms with Crippen molar-refractivity contribution < 1.29 is 9.53 Å². The van der Waals surface area contributed by atoms with E-state index in [-0.39, 0.29) is 12.5 Å². The molecule has 1 saturated heterocycles. The molecule has 1 fully saturated rings. The lowest BCUT2D eigenvalue weighted by Gasteiger charge is -2.35. The monoisotopic (exact) mass is 389 g/mol. The summed E-state index contributed by atoms with van der Waals surface area (Å²) in [6, 6.07) is 22.7. The van der Waals surface area contributed by atoms with Crippen molar-refractivity contribution in [2.75, 3.05) is 45.2 Å². The molecule has 1 aliphatic rings. The van der Waals surface area contributed by atoms with Crippen LogP contribution in [0.25, 0.3) is 10.8 Å². The van der Waals surface area contributed by atoms with Gasteiger partial charge in [0.05, 0.1) is 19.3 Å².